The van der Waals surface area contributed by atoms with Crippen molar-refractivity contribution in [1.29, 1.82) is 0 Å². The van der Waals surface area contributed by atoms with Crippen LogP contribution in [0.1, 0.15) is 24.4 Å². The highest BCUT2D eigenvalue weighted by molar-refractivity contribution is 6.30. The Morgan fingerprint density at radius 3 is 3.00 bits per heavy atom. The Labute approximate surface area is 105 Å². The van der Waals surface area contributed by atoms with Gasteiger partial charge in [0.2, 0.25) is 0 Å². The van der Waals surface area contributed by atoms with E-state index in [1.54, 1.807) is 12.1 Å². The molecule has 94 valence electrons. The number of nitrogens with one attached hydrogen (secondary N) is 1. The minimum absolute atomic E-state index is 0.195. The molecule has 3 nitrogen and oxygen atoms in total. The quantitative estimate of drug-likeness (QED) is 0.644. The smallest absolute Gasteiger partial charge is 0.129 e. The second kappa shape index (κ2) is 5.78. The summed E-state index contributed by atoms with van der Waals surface area (Å²) in [4.78, 5) is 0. The number of nitrogens with two attached hydrogens (primary N) is 1. The first kappa shape index (κ1) is 12.8. The van der Waals surface area contributed by atoms with Gasteiger partial charge in [0.05, 0.1) is 0 Å². The Morgan fingerprint density at radius 1 is 1.59 bits per heavy atom. The Morgan fingerprint density at radius 2 is 2.41 bits per heavy atom. The maximum atomic E-state index is 13.8. The third-order valence-electron chi connectivity index (χ3n) is 3.13. The topological polar surface area (TPSA) is 47.3 Å². The maximum Gasteiger partial charge on any atom is 0.129 e. The standard InChI is InChI=1S/C12H16ClFN2O/c13-9-1-2-10(11(14)6-9)12(16-15)5-8-3-4-17-7-8/h1-2,6,8,12,16H,3-5,7,15H2. The van der Waals surface area contributed by atoms with Crippen molar-refractivity contribution >= 4 is 11.6 Å². The summed E-state index contributed by atoms with van der Waals surface area (Å²) in [5.74, 6) is 5.62. The van der Waals surface area contributed by atoms with Crippen molar-refractivity contribution in [2.24, 2.45) is 11.8 Å². The minimum Gasteiger partial charge on any atom is -0.381 e. The molecular formula is C12H16ClFN2O. The summed E-state index contributed by atoms with van der Waals surface area (Å²) in [6, 6.07) is 4.47. The van der Waals surface area contributed by atoms with Gasteiger partial charge in [-0.3, -0.25) is 11.3 Å². The number of benzene rings is 1. The molecule has 0 aliphatic carbocycles. The molecule has 1 aliphatic heterocycles. The molecule has 1 aliphatic rings. The molecule has 0 radical (unpaired) electrons. The summed E-state index contributed by atoms with van der Waals surface area (Å²) < 4.78 is 19.1. The average Bonchev–Trinajstić information content (AvgIpc) is 2.79. The molecule has 1 saturated heterocycles. The lowest BCUT2D eigenvalue weighted by molar-refractivity contribution is 0.181. The highest BCUT2D eigenvalue weighted by Crippen LogP contribution is 2.28. The number of rotatable bonds is 4. The van der Waals surface area contributed by atoms with Gasteiger partial charge in [0.15, 0.2) is 0 Å². The van der Waals surface area contributed by atoms with Crippen LogP contribution in [-0.2, 0) is 4.74 Å². The molecule has 1 heterocycles. The zero-order chi connectivity index (χ0) is 12.3. The van der Waals surface area contributed by atoms with Crippen molar-refractivity contribution < 1.29 is 9.13 Å². The van der Waals surface area contributed by atoms with Gasteiger partial charge in [-0.25, -0.2) is 4.39 Å². The molecule has 2 rings (SSSR count). The Bertz CT molecular complexity index is 383. The second-order valence-corrected chi connectivity index (χ2v) is 4.79. The van der Waals surface area contributed by atoms with E-state index < -0.39 is 0 Å². The largest absolute Gasteiger partial charge is 0.381 e. The molecule has 0 bridgehead atoms. The van der Waals surface area contributed by atoms with Crippen molar-refractivity contribution in [3.8, 4) is 0 Å². The van der Waals surface area contributed by atoms with Crippen molar-refractivity contribution in [2.45, 2.75) is 18.9 Å². The summed E-state index contributed by atoms with van der Waals surface area (Å²) in [6.07, 6.45) is 1.78. The van der Waals surface area contributed by atoms with E-state index in [9.17, 15) is 4.39 Å². The second-order valence-electron chi connectivity index (χ2n) is 4.35. The van der Waals surface area contributed by atoms with Gasteiger partial charge < -0.3 is 4.74 Å². The number of halogens is 2. The fourth-order valence-electron chi connectivity index (χ4n) is 2.17. The fourth-order valence-corrected chi connectivity index (χ4v) is 2.33. The summed E-state index contributed by atoms with van der Waals surface area (Å²) in [6.45, 7) is 1.51. The van der Waals surface area contributed by atoms with E-state index in [1.165, 1.54) is 6.07 Å². The molecule has 2 unspecified atom stereocenters. The van der Waals surface area contributed by atoms with Gasteiger partial charge in [0.25, 0.3) is 0 Å². The third kappa shape index (κ3) is 3.16. The molecule has 1 aromatic rings. The summed E-state index contributed by atoms with van der Waals surface area (Å²) in [5.41, 5.74) is 3.23. The lowest BCUT2D eigenvalue weighted by atomic mass is 9.94. The van der Waals surface area contributed by atoms with Gasteiger partial charge in [-0.05, 0) is 30.9 Å². The van der Waals surface area contributed by atoms with Crippen molar-refractivity contribution in [1.82, 2.24) is 5.43 Å². The Kier molecular flexibility index (Phi) is 4.34. The van der Waals surface area contributed by atoms with Crippen LogP contribution in [0.5, 0.6) is 0 Å². The predicted molar refractivity (Wildman–Crippen MR) is 65.0 cm³/mol. The number of hydrogen-bond acceptors (Lipinski definition) is 3. The van der Waals surface area contributed by atoms with E-state index in [-0.39, 0.29) is 11.9 Å². The molecule has 17 heavy (non-hydrogen) atoms. The van der Waals surface area contributed by atoms with Crippen molar-refractivity contribution in [3.63, 3.8) is 0 Å². The van der Waals surface area contributed by atoms with E-state index in [0.717, 1.165) is 26.1 Å². The fraction of sp³-hybridized carbons (Fsp3) is 0.500. The van der Waals surface area contributed by atoms with E-state index >= 15 is 0 Å². The molecule has 0 amide bonds. The number of hydrogen-bond donors (Lipinski definition) is 2. The third-order valence-corrected chi connectivity index (χ3v) is 3.37. The molecule has 5 heteroatoms. The summed E-state index contributed by atoms with van der Waals surface area (Å²) in [7, 11) is 0. The summed E-state index contributed by atoms with van der Waals surface area (Å²) >= 11 is 5.72. The molecule has 2 atom stereocenters. The van der Waals surface area contributed by atoms with Crippen LogP contribution in [0.25, 0.3) is 0 Å². The van der Waals surface area contributed by atoms with Crippen LogP contribution in [0.15, 0.2) is 18.2 Å². The van der Waals surface area contributed by atoms with Crippen LogP contribution in [0.2, 0.25) is 5.02 Å². The first-order chi connectivity index (χ1) is 8.20. The first-order valence-electron chi connectivity index (χ1n) is 5.69. The zero-order valence-electron chi connectivity index (χ0n) is 9.46. The minimum atomic E-state index is -0.320. The molecule has 1 aromatic carbocycles. The molecule has 0 saturated carbocycles. The predicted octanol–water partition coefficient (Wildman–Crippen LogP) is 2.41. The van der Waals surface area contributed by atoms with E-state index in [2.05, 4.69) is 5.43 Å². The van der Waals surface area contributed by atoms with Gasteiger partial charge in [-0.2, -0.15) is 0 Å². The first-order valence-corrected chi connectivity index (χ1v) is 6.07. The molecule has 1 fully saturated rings. The van der Waals surface area contributed by atoms with Crippen LogP contribution in [0.3, 0.4) is 0 Å². The molecular weight excluding hydrogens is 243 g/mol. The Balaban J connectivity index is 2.10. The highest BCUT2D eigenvalue weighted by atomic mass is 35.5. The van der Waals surface area contributed by atoms with E-state index in [0.29, 0.717) is 16.5 Å². The molecule has 3 N–H and O–H groups in total. The van der Waals surface area contributed by atoms with Gasteiger partial charge in [-0.1, -0.05) is 17.7 Å². The van der Waals surface area contributed by atoms with Gasteiger partial charge >= 0.3 is 0 Å². The van der Waals surface area contributed by atoms with Gasteiger partial charge in [0.1, 0.15) is 5.82 Å². The van der Waals surface area contributed by atoms with Gasteiger partial charge in [0, 0.05) is 29.8 Å². The molecule has 0 spiro atoms. The zero-order valence-corrected chi connectivity index (χ0v) is 10.2. The van der Waals surface area contributed by atoms with Gasteiger partial charge in [-0.15, -0.1) is 0 Å². The van der Waals surface area contributed by atoms with E-state index in [4.69, 9.17) is 22.2 Å². The maximum absolute atomic E-state index is 13.8. The SMILES string of the molecule is NNC(CC1CCOC1)c1ccc(Cl)cc1F. The highest BCUT2D eigenvalue weighted by Gasteiger charge is 2.23. The van der Waals surface area contributed by atoms with Crippen LogP contribution in [0.4, 0.5) is 4.39 Å². The van der Waals surface area contributed by atoms with Crippen molar-refractivity contribution in [2.75, 3.05) is 13.2 Å². The molecule has 0 aromatic heterocycles. The average molecular weight is 259 g/mol. The van der Waals surface area contributed by atoms with Crippen LogP contribution in [-0.4, -0.2) is 13.2 Å². The van der Waals surface area contributed by atoms with Crippen LogP contribution >= 0.6 is 11.6 Å². The monoisotopic (exact) mass is 258 g/mol. The van der Waals surface area contributed by atoms with Crippen LogP contribution in [0, 0.1) is 11.7 Å². The number of ether oxygens (including phenoxy) is 1. The number of hydrazine groups is 1. The lowest BCUT2D eigenvalue weighted by Crippen LogP contribution is -2.30. The van der Waals surface area contributed by atoms with Crippen LogP contribution < -0.4 is 11.3 Å². The normalized spacial score (nSPS) is 21.7. The lowest BCUT2D eigenvalue weighted by Gasteiger charge is -2.20. The Hall–Kier alpha value is -0.680. The van der Waals surface area contributed by atoms with Crippen molar-refractivity contribution in [3.05, 3.63) is 34.6 Å². The summed E-state index contributed by atoms with van der Waals surface area (Å²) in [5, 5.41) is 0.395. The van der Waals surface area contributed by atoms with E-state index in [1.807, 2.05) is 0 Å².